The molecule has 0 spiro atoms. The third kappa shape index (κ3) is 3.17. The Balaban J connectivity index is 3.28. The van der Waals surface area contributed by atoms with E-state index >= 15 is 0 Å². The summed E-state index contributed by atoms with van der Waals surface area (Å²) in [7, 11) is 1.24. The fourth-order valence-corrected chi connectivity index (χ4v) is 2.11. The number of hydrogen-bond acceptors (Lipinski definition) is 1. The van der Waals surface area contributed by atoms with Crippen LogP contribution in [0.4, 0.5) is 22.0 Å². The van der Waals surface area contributed by atoms with Crippen LogP contribution in [0.3, 0.4) is 0 Å². The maximum Gasteiger partial charge on any atom is 0.455 e. The third-order valence-electron chi connectivity index (χ3n) is 2.24. The molecule has 0 amide bonds. The van der Waals surface area contributed by atoms with Gasteiger partial charge in [0, 0.05) is 11.1 Å². The van der Waals surface area contributed by atoms with Gasteiger partial charge in [-0.05, 0) is 11.6 Å². The molecule has 0 heterocycles. The van der Waals surface area contributed by atoms with Crippen LogP contribution in [0.5, 0.6) is 5.75 Å². The van der Waals surface area contributed by atoms with Crippen LogP contribution in [0.25, 0.3) is 0 Å². The van der Waals surface area contributed by atoms with Crippen molar-refractivity contribution < 1.29 is 26.7 Å². The summed E-state index contributed by atoms with van der Waals surface area (Å²) in [5, 5.41) is -3.26. The third-order valence-corrected chi connectivity index (χ3v) is 3.37. The molecule has 1 nitrogen and oxygen atoms in total. The maximum atomic E-state index is 13.1. The van der Waals surface area contributed by atoms with Gasteiger partial charge in [-0.1, -0.05) is 23.2 Å². The van der Waals surface area contributed by atoms with Gasteiger partial charge in [-0.25, -0.2) is 0 Å². The second-order valence-electron chi connectivity index (χ2n) is 3.49. The van der Waals surface area contributed by atoms with Gasteiger partial charge in [0.15, 0.2) is 0 Å². The Morgan fingerprint density at radius 3 is 2.00 bits per heavy atom. The highest BCUT2D eigenvalue weighted by Gasteiger charge is 2.62. The molecule has 0 aliphatic carbocycles. The van der Waals surface area contributed by atoms with Crippen molar-refractivity contribution >= 4 is 34.8 Å². The van der Waals surface area contributed by atoms with E-state index < -0.39 is 28.1 Å². The van der Waals surface area contributed by atoms with Gasteiger partial charge in [0.05, 0.1) is 12.1 Å². The van der Waals surface area contributed by atoms with Gasteiger partial charge in [0.25, 0.3) is 0 Å². The van der Waals surface area contributed by atoms with Crippen LogP contribution in [-0.2, 0) is 0 Å². The SMILES string of the molecule is COc1cc(Cl)c(C(Cl)C(F)(F)C(F)(F)F)cc1Cl. The first-order chi connectivity index (χ1) is 8.52. The zero-order valence-electron chi connectivity index (χ0n) is 9.16. The summed E-state index contributed by atoms with van der Waals surface area (Å²) in [6.45, 7) is 0. The highest BCUT2D eigenvalue weighted by Crippen LogP contribution is 2.50. The van der Waals surface area contributed by atoms with E-state index in [1.54, 1.807) is 0 Å². The lowest BCUT2D eigenvalue weighted by Gasteiger charge is -2.25. The fraction of sp³-hybridized carbons (Fsp3) is 0.400. The van der Waals surface area contributed by atoms with Crippen LogP contribution in [0.1, 0.15) is 10.9 Å². The summed E-state index contributed by atoms with van der Waals surface area (Å²) in [5.41, 5.74) is -0.628. The summed E-state index contributed by atoms with van der Waals surface area (Å²) >= 11 is 16.5. The number of benzene rings is 1. The Bertz CT molecular complexity index is 475. The minimum atomic E-state index is -5.80. The van der Waals surface area contributed by atoms with Crippen LogP contribution in [-0.4, -0.2) is 19.2 Å². The number of methoxy groups -OCH3 is 1. The predicted octanol–water partition coefficient (Wildman–Crippen LogP) is 5.48. The Morgan fingerprint density at radius 2 is 1.58 bits per heavy atom. The quantitative estimate of drug-likeness (QED) is 0.521. The van der Waals surface area contributed by atoms with Crippen molar-refractivity contribution in [1.29, 1.82) is 0 Å². The van der Waals surface area contributed by atoms with Gasteiger partial charge in [0.1, 0.15) is 11.1 Å². The molecule has 0 saturated heterocycles. The highest BCUT2D eigenvalue weighted by atomic mass is 35.5. The van der Waals surface area contributed by atoms with Crippen molar-refractivity contribution in [1.82, 2.24) is 0 Å². The molecular formula is C10H6Cl3F5O. The Morgan fingerprint density at radius 1 is 1.05 bits per heavy atom. The molecule has 0 fully saturated rings. The number of halogens is 8. The lowest BCUT2D eigenvalue weighted by atomic mass is 10.1. The molecule has 0 aliphatic rings. The number of ether oxygens (including phenoxy) is 1. The van der Waals surface area contributed by atoms with Gasteiger partial charge in [-0.3, -0.25) is 0 Å². The maximum absolute atomic E-state index is 13.1. The zero-order chi connectivity index (χ0) is 15.0. The average molecular weight is 344 g/mol. The van der Waals surface area contributed by atoms with Crippen LogP contribution in [0, 0.1) is 0 Å². The van der Waals surface area contributed by atoms with Crippen LogP contribution >= 0.6 is 34.8 Å². The fourth-order valence-electron chi connectivity index (χ4n) is 1.23. The summed E-state index contributed by atoms with van der Waals surface area (Å²) in [6.07, 6.45) is -5.80. The van der Waals surface area contributed by atoms with Crippen molar-refractivity contribution in [3.8, 4) is 5.75 Å². The van der Waals surface area contributed by atoms with Crippen molar-refractivity contribution in [2.45, 2.75) is 17.5 Å². The topological polar surface area (TPSA) is 9.23 Å². The van der Waals surface area contributed by atoms with Crippen LogP contribution in [0.2, 0.25) is 10.0 Å². The molecule has 0 N–H and O–H groups in total. The van der Waals surface area contributed by atoms with E-state index in [1.807, 2.05) is 0 Å². The summed E-state index contributed by atoms with van der Waals surface area (Å²) in [5.74, 6) is -5.11. The normalized spacial score (nSPS) is 14.4. The largest absolute Gasteiger partial charge is 0.495 e. The first kappa shape index (κ1) is 16.6. The molecule has 9 heteroatoms. The Hall–Kier alpha value is -0.460. The van der Waals surface area contributed by atoms with Crippen molar-refractivity contribution in [3.63, 3.8) is 0 Å². The minimum absolute atomic E-state index is 0.0367. The molecule has 1 atom stereocenters. The van der Waals surface area contributed by atoms with Gasteiger partial charge < -0.3 is 4.74 Å². The van der Waals surface area contributed by atoms with Gasteiger partial charge in [-0.15, -0.1) is 11.6 Å². The molecule has 0 aliphatic heterocycles. The van der Waals surface area contributed by atoms with Gasteiger partial charge in [0.2, 0.25) is 0 Å². The van der Waals surface area contributed by atoms with E-state index in [4.69, 9.17) is 39.5 Å². The molecule has 1 aromatic carbocycles. The van der Waals surface area contributed by atoms with Gasteiger partial charge >= 0.3 is 12.1 Å². The van der Waals surface area contributed by atoms with Gasteiger partial charge in [-0.2, -0.15) is 22.0 Å². The first-order valence-corrected chi connectivity index (χ1v) is 5.83. The van der Waals surface area contributed by atoms with Crippen molar-refractivity contribution in [2.24, 2.45) is 0 Å². The summed E-state index contributed by atoms with van der Waals surface area (Å²) in [6, 6.07) is 1.83. The lowest BCUT2D eigenvalue weighted by molar-refractivity contribution is -0.283. The number of rotatable bonds is 3. The standard InChI is InChI=1S/C10H6Cl3F5O/c1-19-7-3-5(11)4(2-6(7)12)8(13)9(14,15)10(16,17)18/h2-3,8H,1H3. The number of alkyl halides is 6. The van der Waals surface area contributed by atoms with Crippen LogP contribution in [0.15, 0.2) is 12.1 Å². The Kier molecular flexibility index (Phi) is 4.80. The zero-order valence-corrected chi connectivity index (χ0v) is 11.4. The second-order valence-corrected chi connectivity index (χ2v) is 4.74. The molecule has 1 aromatic rings. The monoisotopic (exact) mass is 342 g/mol. The van der Waals surface area contributed by atoms with Crippen LogP contribution < -0.4 is 4.74 Å². The average Bonchev–Trinajstić information content (AvgIpc) is 2.29. The summed E-state index contributed by atoms with van der Waals surface area (Å²) in [4.78, 5) is 0. The highest BCUT2D eigenvalue weighted by molar-refractivity contribution is 6.35. The van der Waals surface area contributed by atoms with Crippen molar-refractivity contribution in [3.05, 3.63) is 27.7 Å². The molecule has 1 unspecified atom stereocenters. The molecule has 19 heavy (non-hydrogen) atoms. The molecule has 0 aromatic heterocycles. The summed E-state index contributed by atoms with van der Waals surface area (Å²) < 4.78 is 67.6. The van der Waals surface area contributed by atoms with E-state index in [1.165, 1.54) is 7.11 Å². The molecule has 1 rings (SSSR count). The van der Waals surface area contributed by atoms with Crippen molar-refractivity contribution in [2.75, 3.05) is 7.11 Å². The number of hydrogen-bond donors (Lipinski definition) is 0. The second kappa shape index (κ2) is 5.50. The first-order valence-electron chi connectivity index (χ1n) is 4.64. The minimum Gasteiger partial charge on any atom is -0.495 e. The molecule has 108 valence electrons. The van der Waals surface area contributed by atoms with E-state index in [0.717, 1.165) is 12.1 Å². The molecule has 0 bridgehead atoms. The smallest absolute Gasteiger partial charge is 0.455 e. The van der Waals surface area contributed by atoms with E-state index in [-0.39, 0.29) is 10.8 Å². The lowest BCUT2D eigenvalue weighted by Crippen LogP contribution is -2.40. The Labute approximate surface area is 120 Å². The molecular weight excluding hydrogens is 337 g/mol. The van der Waals surface area contributed by atoms with E-state index in [2.05, 4.69) is 0 Å². The van der Waals surface area contributed by atoms with E-state index in [0.29, 0.717) is 0 Å². The molecule has 0 saturated carbocycles. The molecule has 0 radical (unpaired) electrons. The van der Waals surface area contributed by atoms with E-state index in [9.17, 15) is 22.0 Å². The predicted molar refractivity (Wildman–Crippen MR) is 62.6 cm³/mol.